The third kappa shape index (κ3) is 4.56. The van der Waals surface area contributed by atoms with Gasteiger partial charge in [0.2, 0.25) is 0 Å². The van der Waals surface area contributed by atoms with Crippen LogP contribution in [0.15, 0.2) is 212 Å². The van der Waals surface area contributed by atoms with Gasteiger partial charge in [0.05, 0.1) is 5.41 Å². The van der Waals surface area contributed by atoms with Gasteiger partial charge in [-0.05, 0) is 136 Å². The van der Waals surface area contributed by atoms with E-state index in [1.54, 1.807) is 0 Å². The third-order valence-corrected chi connectivity index (χ3v) is 14.3. The van der Waals surface area contributed by atoms with Crippen LogP contribution >= 0.6 is 0 Å². The summed E-state index contributed by atoms with van der Waals surface area (Å²) >= 11 is 0. The fraction of sp³-hybridized carbons (Fsp3) is 0.0667. The summed E-state index contributed by atoms with van der Waals surface area (Å²) in [6.45, 7) is 4.83. The van der Waals surface area contributed by atoms with Crippen LogP contribution in [-0.4, -0.2) is 0 Å². The molecule has 13 rings (SSSR count). The lowest BCUT2D eigenvalue weighted by atomic mass is 9.67. The summed E-state index contributed by atoms with van der Waals surface area (Å²) in [6.07, 6.45) is 0. The van der Waals surface area contributed by atoms with Crippen LogP contribution in [0.3, 0.4) is 0 Å². The number of nitrogens with zero attached hydrogens (tertiary/aromatic N) is 1. The van der Waals surface area contributed by atoms with Crippen molar-refractivity contribution < 1.29 is 0 Å². The van der Waals surface area contributed by atoms with Crippen LogP contribution in [0.4, 0.5) is 17.1 Å². The van der Waals surface area contributed by atoms with Gasteiger partial charge in [0.1, 0.15) is 0 Å². The Bertz CT molecular complexity index is 3390. The topological polar surface area (TPSA) is 3.24 Å². The molecule has 0 saturated heterocycles. The summed E-state index contributed by atoms with van der Waals surface area (Å²) in [5.41, 5.74) is 21.3. The highest BCUT2D eigenvalue weighted by atomic mass is 15.1. The summed E-state index contributed by atoms with van der Waals surface area (Å²) in [6, 6.07) is 79.7. The molecule has 0 bridgehead atoms. The average Bonchev–Trinajstić information content (AvgIpc) is 3.78. The van der Waals surface area contributed by atoms with Crippen LogP contribution in [0.2, 0.25) is 0 Å². The molecule has 3 aliphatic rings. The second kappa shape index (κ2) is 12.5. The first-order valence-corrected chi connectivity index (χ1v) is 21.5. The van der Waals surface area contributed by atoms with Gasteiger partial charge in [-0.15, -0.1) is 0 Å². The van der Waals surface area contributed by atoms with Gasteiger partial charge >= 0.3 is 0 Å². The Hall–Kier alpha value is -7.48. The molecule has 0 heterocycles. The van der Waals surface area contributed by atoms with Crippen LogP contribution in [0, 0.1) is 0 Å². The van der Waals surface area contributed by atoms with Gasteiger partial charge in [-0.1, -0.05) is 190 Å². The Balaban J connectivity index is 1.05. The minimum Gasteiger partial charge on any atom is -0.310 e. The van der Waals surface area contributed by atoms with Crippen LogP contribution in [0.1, 0.15) is 47.2 Å². The first kappa shape index (κ1) is 34.4. The van der Waals surface area contributed by atoms with Gasteiger partial charge in [-0.25, -0.2) is 0 Å². The number of benzene rings is 10. The molecular weight excluding hydrogens is 735 g/mol. The second-order valence-electron chi connectivity index (χ2n) is 17.6. The molecule has 0 aromatic heterocycles. The predicted molar refractivity (Wildman–Crippen MR) is 255 cm³/mol. The molecule has 0 aliphatic heterocycles. The summed E-state index contributed by atoms with van der Waals surface area (Å²) in [5, 5.41) is 5.18. The highest BCUT2D eigenvalue weighted by molar-refractivity contribution is 6.12. The molecule has 0 fully saturated rings. The van der Waals surface area contributed by atoms with Gasteiger partial charge < -0.3 is 4.90 Å². The minimum atomic E-state index is -0.421. The molecule has 0 radical (unpaired) electrons. The number of hydrogen-bond acceptors (Lipinski definition) is 1. The van der Waals surface area contributed by atoms with Gasteiger partial charge in [0, 0.05) is 22.5 Å². The Kier molecular flexibility index (Phi) is 7.06. The second-order valence-corrected chi connectivity index (χ2v) is 17.6. The Morgan fingerprint density at radius 1 is 0.311 bits per heavy atom. The highest BCUT2D eigenvalue weighted by Crippen LogP contribution is 2.63. The van der Waals surface area contributed by atoms with Crippen LogP contribution in [-0.2, 0) is 10.8 Å². The Labute approximate surface area is 356 Å². The molecule has 61 heavy (non-hydrogen) atoms. The molecule has 0 N–H and O–H groups in total. The molecule has 0 atom stereocenters. The van der Waals surface area contributed by atoms with Gasteiger partial charge in [-0.3, -0.25) is 0 Å². The molecule has 1 heteroatoms. The molecule has 286 valence electrons. The number of hydrogen-bond donors (Lipinski definition) is 0. The Morgan fingerprint density at radius 3 is 1.51 bits per heavy atom. The molecule has 0 saturated carbocycles. The molecular formula is C60H41N. The van der Waals surface area contributed by atoms with Crippen molar-refractivity contribution in [2.24, 2.45) is 0 Å². The van der Waals surface area contributed by atoms with Crippen LogP contribution < -0.4 is 4.90 Å². The van der Waals surface area contributed by atoms with Crippen molar-refractivity contribution in [3.05, 3.63) is 246 Å². The summed E-state index contributed by atoms with van der Waals surface area (Å²) < 4.78 is 0. The van der Waals surface area contributed by atoms with Crippen molar-refractivity contribution >= 4 is 38.6 Å². The predicted octanol–water partition coefficient (Wildman–Crippen LogP) is 15.8. The molecule has 1 nitrogen and oxygen atoms in total. The molecule has 10 aromatic rings. The zero-order valence-electron chi connectivity index (χ0n) is 34.2. The van der Waals surface area contributed by atoms with E-state index in [1.807, 2.05) is 0 Å². The fourth-order valence-electron chi connectivity index (χ4n) is 11.7. The largest absolute Gasteiger partial charge is 0.310 e. The maximum absolute atomic E-state index is 2.50. The van der Waals surface area contributed by atoms with E-state index in [0.29, 0.717) is 0 Å². The first-order chi connectivity index (χ1) is 30.0. The average molecular weight is 776 g/mol. The molecule has 10 aromatic carbocycles. The number of anilines is 3. The van der Waals surface area contributed by atoms with Crippen molar-refractivity contribution in [2.75, 3.05) is 4.90 Å². The summed E-state index contributed by atoms with van der Waals surface area (Å²) in [4.78, 5) is 2.48. The molecule has 1 spiro atoms. The number of fused-ring (bicyclic) bond motifs is 13. The zero-order chi connectivity index (χ0) is 40.5. The van der Waals surface area contributed by atoms with E-state index in [0.717, 1.165) is 17.1 Å². The summed E-state index contributed by atoms with van der Waals surface area (Å²) in [5.74, 6) is 0. The van der Waals surface area contributed by atoms with Crippen LogP contribution in [0.25, 0.3) is 66.1 Å². The zero-order valence-corrected chi connectivity index (χ0v) is 34.2. The van der Waals surface area contributed by atoms with E-state index < -0.39 is 5.41 Å². The van der Waals surface area contributed by atoms with Gasteiger partial charge in [0.25, 0.3) is 0 Å². The lowest BCUT2D eigenvalue weighted by Crippen LogP contribution is -2.26. The summed E-state index contributed by atoms with van der Waals surface area (Å²) in [7, 11) is 0. The molecule has 0 unspecified atom stereocenters. The number of rotatable bonds is 4. The van der Waals surface area contributed by atoms with E-state index in [1.165, 1.54) is 99.4 Å². The smallest absolute Gasteiger partial charge is 0.0726 e. The van der Waals surface area contributed by atoms with E-state index >= 15 is 0 Å². The number of para-hydroxylation sites is 1. The lowest BCUT2D eigenvalue weighted by Gasteiger charge is -2.37. The monoisotopic (exact) mass is 775 g/mol. The van der Waals surface area contributed by atoms with Gasteiger partial charge in [-0.2, -0.15) is 0 Å². The van der Waals surface area contributed by atoms with E-state index in [2.05, 4.69) is 231 Å². The minimum absolute atomic E-state index is 0.251. The van der Waals surface area contributed by atoms with Crippen molar-refractivity contribution in [1.29, 1.82) is 0 Å². The third-order valence-electron chi connectivity index (χ3n) is 14.3. The SMILES string of the molecule is CC1(C)c2cc(N(c3ccccc3)c3ccc4c(c3)C3(c5ccccc5-c5ccccc53)c3ccccc3-4)ccc2-c2c(-c3cccc4ccccc34)ccc3cccc1c23. The Morgan fingerprint density at radius 2 is 0.803 bits per heavy atom. The van der Waals surface area contributed by atoms with E-state index in [-0.39, 0.29) is 5.41 Å². The van der Waals surface area contributed by atoms with E-state index in [9.17, 15) is 0 Å². The quantitative estimate of drug-likeness (QED) is 0.172. The normalized spacial score (nSPS) is 14.3. The van der Waals surface area contributed by atoms with Gasteiger partial charge in [0.15, 0.2) is 0 Å². The molecule has 0 amide bonds. The maximum Gasteiger partial charge on any atom is 0.0726 e. The first-order valence-electron chi connectivity index (χ1n) is 21.5. The highest BCUT2D eigenvalue weighted by Gasteiger charge is 2.51. The van der Waals surface area contributed by atoms with Crippen molar-refractivity contribution in [3.8, 4) is 44.5 Å². The maximum atomic E-state index is 2.50. The van der Waals surface area contributed by atoms with E-state index in [4.69, 9.17) is 0 Å². The standard InChI is InChI=1S/C60H41N/c1-59(2)54-29-15-18-39-30-33-49(44-25-14-17-38-16-6-7-21-43(38)44)58(57(39)54)50-35-32-41(36-55(50)59)61(40-19-4-3-5-20-40)42-31-34-48-47-24-10-13-28-53(47)60(56(48)37-42)51-26-11-8-22-45(51)46-23-9-12-27-52(46)60/h3-37H,1-2H3. The molecule has 3 aliphatic carbocycles. The van der Waals surface area contributed by atoms with Crippen molar-refractivity contribution in [2.45, 2.75) is 24.7 Å². The van der Waals surface area contributed by atoms with Crippen molar-refractivity contribution in [1.82, 2.24) is 0 Å². The van der Waals surface area contributed by atoms with Crippen molar-refractivity contribution in [3.63, 3.8) is 0 Å². The fourth-order valence-corrected chi connectivity index (χ4v) is 11.7. The lowest BCUT2D eigenvalue weighted by molar-refractivity contribution is 0.645. The van der Waals surface area contributed by atoms with Crippen LogP contribution in [0.5, 0.6) is 0 Å².